The molecule has 0 aliphatic rings. The minimum Gasteiger partial charge on any atom is -0.455 e. The van der Waals surface area contributed by atoms with Crippen LogP contribution in [0.2, 0.25) is 0 Å². The average Bonchev–Trinajstić information content (AvgIpc) is 2.50. The molecule has 0 bridgehead atoms. The standard InChI is InChI=1S/C16H13BrFNO3/c17-12-7-5-11(6-8-12)9-16(21)22-10-15(20)19-14-4-2-1-3-13(14)18/h1-8H,9-10H2,(H,19,20). The van der Waals surface area contributed by atoms with Crippen molar-refractivity contribution in [3.63, 3.8) is 0 Å². The lowest BCUT2D eigenvalue weighted by Gasteiger charge is -2.07. The van der Waals surface area contributed by atoms with E-state index >= 15 is 0 Å². The number of hydrogen-bond acceptors (Lipinski definition) is 3. The molecule has 0 saturated carbocycles. The summed E-state index contributed by atoms with van der Waals surface area (Å²) in [6, 6.07) is 13.0. The first-order valence-electron chi connectivity index (χ1n) is 6.49. The normalized spacial score (nSPS) is 10.1. The smallest absolute Gasteiger partial charge is 0.310 e. The zero-order chi connectivity index (χ0) is 15.9. The van der Waals surface area contributed by atoms with E-state index in [1.165, 1.54) is 18.2 Å². The van der Waals surface area contributed by atoms with Gasteiger partial charge in [0.1, 0.15) is 5.82 Å². The van der Waals surface area contributed by atoms with Gasteiger partial charge in [0.25, 0.3) is 5.91 Å². The highest BCUT2D eigenvalue weighted by Crippen LogP contribution is 2.13. The number of benzene rings is 2. The average molecular weight is 366 g/mol. The van der Waals surface area contributed by atoms with Crippen LogP contribution in [0.25, 0.3) is 0 Å². The summed E-state index contributed by atoms with van der Waals surface area (Å²) in [5, 5.41) is 2.34. The van der Waals surface area contributed by atoms with Crippen LogP contribution in [0.3, 0.4) is 0 Å². The second kappa shape index (κ2) is 7.70. The molecule has 0 heterocycles. The van der Waals surface area contributed by atoms with Gasteiger partial charge >= 0.3 is 5.97 Å². The van der Waals surface area contributed by atoms with Crippen LogP contribution >= 0.6 is 15.9 Å². The van der Waals surface area contributed by atoms with Crippen molar-refractivity contribution in [2.45, 2.75) is 6.42 Å². The van der Waals surface area contributed by atoms with Gasteiger partial charge in [-0.2, -0.15) is 0 Å². The lowest BCUT2D eigenvalue weighted by atomic mass is 10.2. The number of para-hydroxylation sites is 1. The molecule has 0 aromatic heterocycles. The minimum atomic E-state index is -0.589. The molecule has 6 heteroatoms. The Morgan fingerprint density at radius 1 is 1.09 bits per heavy atom. The summed E-state index contributed by atoms with van der Waals surface area (Å²) in [7, 11) is 0. The monoisotopic (exact) mass is 365 g/mol. The molecule has 0 atom stereocenters. The van der Waals surface area contributed by atoms with Crippen LogP contribution < -0.4 is 5.32 Å². The Kier molecular flexibility index (Phi) is 5.66. The third-order valence-corrected chi connectivity index (χ3v) is 3.30. The van der Waals surface area contributed by atoms with Crippen molar-refractivity contribution in [2.24, 2.45) is 0 Å². The first kappa shape index (κ1) is 16.2. The molecule has 2 aromatic carbocycles. The summed E-state index contributed by atoms with van der Waals surface area (Å²) >= 11 is 3.30. The lowest BCUT2D eigenvalue weighted by molar-refractivity contribution is -0.146. The number of nitrogens with one attached hydrogen (secondary N) is 1. The SMILES string of the molecule is O=C(COC(=O)Cc1ccc(Br)cc1)Nc1ccccc1F. The van der Waals surface area contributed by atoms with Gasteiger partial charge < -0.3 is 10.1 Å². The number of ether oxygens (including phenoxy) is 1. The summed E-state index contributed by atoms with van der Waals surface area (Å²) in [5.41, 5.74) is 0.833. The van der Waals surface area contributed by atoms with Gasteiger partial charge in [-0.1, -0.05) is 40.2 Å². The molecule has 0 spiro atoms. The van der Waals surface area contributed by atoms with E-state index < -0.39 is 24.3 Å². The Hall–Kier alpha value is -2.21. The fraction of sp³-hybridized carbons (Fsp3) is 0.125. The molecular weight excluding hydrogens is 353 g/mol. The molecule has 0 fully saturated rings. The van der Waals surface area contributed by atoms with E-state index in [4.69, 9.17) is 4.74 Å². The summed E-state index contributed by atoms with van der Waals surface area (Å²) < 4.78 is 19.1. The van der Waals surface area contributed by atoms with Crippen molar-refractivity contribution in [1.29, 1.82) is 0 Å². The second-order valence-electron chi connectivity index (χ2n) is 4.49. The molecule has 2 rings (SSSR count). The first-order chi connectivity index (χ1) is 10.5. The van der Waals surface area contributed by atoms with E-state index in [-0.39, 0.29) is 12.1 Å². The van der Waals surface area contributed by atoms with Crippen LogP contribution in [0.4, 0.5) is 10.1 Å². The summed E-state index contributed by atoms with van der Waals surface area (Å²) in [6.07, 6.45) is 0.0697. The topological polar surface area (TPSA) is 55.4 Å². The molecule has 22 heavy (non-hydrogen) atoms. The Labute approximate surface area is 135 Å². The van der Waals surface area contributed by atoms with Crippen molar-refractivity contribution in [1.82, 2.24) is 0 Å². The van der Waals surface area contributed by atoms with Gasteiger partial charge in [0.05, 0.1) is 12.1 Å². The van der Waals surface area contributed by atoms with Gasteiger partial charge in [0, 0.05) is 4.47 Å². The van der Waals surface area contributed by atoms with Crippen LogP contribution in [0.1, 0.15) is 5.56 Å². The van der Waals surface area contributed by atoms with Crippen LogP contribution in [-0.2, 0) is 20.7 Å². The molecule has 0 aliphatic heterocycles. The molecular formula is C16H13BrFNO3. The summed E-state index contributed by atoms with van der Waals surface area (Å²) in [6.45, 7) is -0.455. The maximum Gasteiger partial charge on any atom is 0.310 e. The molecule has 114 valence electrons. The predicted octanol–water partition coefficient (Wildman–Crippen LogP) is 3.31. The van der Waals surface area contributed by atoms with Gasteiger partial charge in [-0.05, 0) is 29.8 Å². The Morgan fingerprint density at radius 3 is 2.45 bits per heavy atom. The zero-order valence-electron chi connectivity index (χ0n) is 11.5. The van der Waals surface area contributed by atoms with E-state index in [9.17, 15) is 14.0 Å². The van der Waals surface area contributed by atoms with E-state index in [1.54, 1.807) is 18.2 Å². The number of carbonyl (C=O) groups is 2. The van der Waals surface area contributed by atoms with Gasteiger partial charge in [-0.3, -0.25) is 9.59 Å². The molecule has 0 saturated heterocycles. The number of amides is 1. The third kappa shape index (κ3) is 4.96. The van der Waals surface area contributed by atoms with Gasteiger partial charge in [0.15, 0.2) is 6.61 Å². The van der Waals surface area contributed by atoms with E-state index in [1.807, 2.05) is 12.1 Å². The second-order valence-corrected chi connectivity index (χ2v) is 5.41. The maximum absolute atomic E-state index is 13.3. The van der Waals surface area contributed by atoms with Crippen molar-refractivity contribution in [2.75, 3.05) is 11.9 Å². The summed E-state index contributed by atoms with van der Waals surface area (Å²) in [5.74, 6) is -1.66. The summed E-state index contributed by atoms with van der Waals surface area (Å²) in [4.78, 5) is 23.2. The number of anilines is 1. The van der Waals surface area contributed by atoms with Crippen LogP contribution in [-0.4, -0.2) is 18.5 Å². The largest absolute Gasteiger partial charge is 0.455 e. The van der Waals surface area contributed by atoms with Crippen LogP contribution in [0.15, 0.2) is 53.0 Å². The van der Waals surface area contributed by atoms with Gasteiger partial charge in [-0.15, -0.1) is 0 Å². The third-order valence-electron chi connectivity index (χ3n) is 2.77. The molecule has 0 unspecified atom stereocenters. The number of hydrogen-bond donors (Lipinski definition) is 1. The van der Waals surface area contributed by atoms with Crippen molar-refractivity contribution in [3.05, 3.63) is 64.4 Å². The number of rotatable bonds is 5. The number of esters is 1. The van der Waals surface area contributed by atoms with Crippen molar-refractivity contribution < 1.29 is 18.7 Å². The van der Waals surface area contributed by atoms with Crippen molar-refractivity contribution in [3.8, 4) is 0 Å². The molecule has 0 radical (unpaired) electrons. The minimum absolute atomic E-state index is 0.0523. The van der Waals surface area contributed by atoms with E-state index in [2.05, 4.69) is 21.2 Å². The maximum atomic E-state index is 13.3. The quantitative estimate of drug-likeness (QED) is 0.827. The zero-order valence-corrected chi connectivity index (χ0v) is 13.1. The molecule has 1 amide bonds. The Morgan fingerprint density at radius 2 is 1.77 bits per heavy atom. The fourth-order valence-corrected chi connectivity index (χ4v) is 1.98. The highest BCUT2D eigenvalue weighted by molar-refractivity contribution is 9.10. The highest BCUT2D eigenvalue weighted by Gasteiger charge is 2.10. The van der Waals surface area contributed by atoms with Gasteiger partial charge in [-0.25, -0.2) is 4.39 Å². The lowest BCUT2D eigenvalue weighted by Crippen LogP contribution is -2.22. The molecule has 4 nitrogen and oxygen atoms in total. The molecule has 0 aliphatic carbocycles. The number of halogens is 2. The van der Waals surface area contributed by atoms with E-state index in [0.717, 1.165) is 10.0 Å². The van der Waals surface area contributed by atoms with E-state index in [0.29, 0.717) is 0 Å². The van der Waals surface area contributed by atoms with Crippen molar-refractivity contribution >= 4 is 33.5 Å². The Bertz CT molecular complexity index is 673. The molecule has 2 aromatic rings. The number of carbonyl (C=O) groups excluding carboxylic acids is 2. The van der Waals surface area contributed by atoms with Crippen LogP contribution in [0, 0.1) is 5.82 Å². The van der Waals surface area contributed by atoms with Crippen LogP contribution in [0.5, 0.6) is 0 Å². The fourth-order valence-electron chi connectivity index (χ4n) is 1.71. The first-order valence-corrected chi connectivity index (χ1v) is 7.28. The molecule has 1 N–H and O–H groups in total. The highest BCUT2D eigenvalue weighted by atomic mass is 79.9. The van der Waals surface area contributed by atoms with Gasteiger partial charge in [0.2, 0.25) is 0 Å². The predicted molar refractivity (Wildman–Crippen MR) is 83.8 cm³/mol. The Balaban J connectivity index is 1.79.